The Hall–Kier alpha value is -3.66. The minimum absolute atomic E-state index is 0.0911. The number of benzene rings is 2. The highest BCUT2D eigenvalue weighted by molar-refractivity contribution is 6.83. The molecule has 0 bridgehead atoms. The molecule has 1 aliphatic heterocycles. The number of alkyl carbamates (subject to hydrolysis) is 1. The smallest absolute Gasteiger partial charge is 0.492 e. The number of likely N-dealkylation sites (N-methyl/N-ethyl adjacent to an activating group) is 1. The molecule has 1 heterocycles. The number of amides is 1. The van der Waals surface area contributed by atoms with Crippen LogP contribution in [0.3, 0.4) is 0 Å². The van der Waals surface area contributed by atoms with E-state index in [1.54, 1.807) is 7.05 Å². The van der Waals surface area contributed by atoms with Crippen LogP contribution in [0.1, 0.15) is 17.0 Å². The molecular formula is C22H21BN2O7. The van der Waals surface area contributed by atoms with Gasteiger partial charge in [0.25, 0.3) is 0 Å². The number of fused-ring (bicyclic) bond motifs is 3. The second kappa shape index (κ2) is 9.23. The summed E-state index contributed by atoms with van der Waals surface area (Å²) >= 11 is 0. The number of ether oxygens (including phenoxy) is 1. The number of nitrogens with one attached hydrogen (secondary N) is 1. The van der Waals surface area contributed by atoms with Gasteiger partial charge in [0, 0.05) is 5.92 Å². The van der Waals surface area contributed by atoms with Gasteiger partial charge in [0.15, 0.2) is 0 Å². The fraction of sp³-hybridized carbons (Fsp3) is 0.273. The SMILES string of the molecule is CN1CC(=O)OB(C(=O)CNC(=O)OCC2c3ccccc3-c3ccccc32)OC(=O)C1. The van der Waals surface area contributed by atoms with Crippen molar-refractivity contribution in [1.29, 1.82) is 0 Å². The first-order valence-corrected chi connectivity index (χ1v) is 10.1. The van der Waals surface area contributed by atoms with Crippen molar-refractivity contribution < 1.29 is 33.2 Å². The monoisotopic (exact) mass is 436 g/mol. The maximum atomic E-state index is 12.3. The second-order valence-electron chi connectivity index (χ2n) is 7.63. The second-order valence-corrected chi connectivity index (χ2v) is 7.63. The first kappa shape index (κ1) is 21.6. The summed E-state index contributed by atoms with van der Waals surface area (Å²) in [5, 5.41) is 2.32. The van der Waals surface area contributed by atoms with Crippen molar-refractivity contribution in [2.24, 2.45) is 0 Å². The molecule has 2 aromatic carbocycles. The zero-order valence-electron chi connectivity index (χ0n) is 17.4. The van der Waals surface area contributed by atoms with Crippen molar-refractivity contribution in [2.45, 2.75) is 5.92 Å². The average Bonchev–Trinajstić information content (AvgIpc) is 3.08. The first-order valence-electron chi connectivity index (χ1n) is 10.1. The predicted molar refractivity (Wildman–Crippen MR) is 114 cm³/mol. The third-order valence-electron chi connectivity index (χ3n) is 5.29. The summed E-state index contributed by atoms with van der Waals surface area (Å²) in [5.74, 6) is -1.53. The van der Waals surface area contributed by atoms with Gasteiger partial charge in [-0.25, -0.2) is 4.79 Å². The molecule has 1 fully saturated rings. The van der Waals surface area contributed by atoms with Gasteiger partial charge in [0.2, 0.25) is 5.68 Å². The molecule has 164 valence electrons. The minimum Gasteiger partial charge on any atom is -0.492 e. The number of carbonyl (C=O) groups is 4. The molecule has 1 aliphatic carbocycles. The maximum Gasteiger partial charge on any atom is 0.676 e. The van der Waals surface area contributed by atoms with E-state index in [1.165, 1.54) is 4.90 Å². The summed E-state index contributed by atoms with van der Waals surface area (Å²) < 4.78 is 15.1. The summed E-state index contributed by atoms with van der Waals surface area (Å²) in [5.41, 5.74) is 3.56. The van der Waals surface area contributed by atoms with E-state index in [9.17, 15) is 19.2 Å². The largest absolute Gasteiger partial charge is 0.676 e. The third-order valence-corrected chi connectivity index (χ3v) is 5.29. The number of hydrogen-bond donors (Lipinski definition) is 1. The molecule has 0 unspecified atom stereocenters. The fourth-order valence-corrected chi connectivity index (χ4v) is 3.86. The summed E-state index contributed by atoms with van der Waals surface area (Å²) in [6.07, 6.45) is -0.802. The number of nitrogens with zero attached hydrogens (tertiary/aromatic N) is 1. The van der Waals surface area contributed by atoms with Gasteiger partial charge < -0.3 is 19.4 Å². The van der Waals surface area contributed by atoms with Gasteiger partial charge in [-0.3, -0.25) is 19.3 Å². The van der Waals surface area contributed by atoms with Crippen LogP contribution in [0.2, 0.25) is 0 Å². The fourth-order valence-electron chi connectivity index (χ4n) is 3.86. The van der Waals surface area contributed by atoms with Gasteiger partial charge in [0.1, 0.15) is 6.61 Å². The molecule has 0 spiro atoms. The van der Waals surface area contributed by atoms with Crippen LogP contribution in [0, 0.1) is 0 Å². The van der Waals surface area contributed by atoms with Gasteiger partial charge >= 0.3 is 25.2 Å². The van der Waals surface area contributed by atoms with Crippen LogP contribution in [0.4, 0.5) is 4.79 Å². The van der Waals surface area contributed by atoms with Crippen molar-refractivity contribution in [3.8, 4) is 11.1 Å². The van der Waals surface area contributed by atoms with Crippen LogP contribution in [-0.4, -0.2) is 69.0 Å². The van der Waals surface area contributed by atoms with E-state index in [-0.39, 0.29) is 25.6 Å². The molecule has 2 aromatic rings. The van der Waals surface area contributed by atoms with Crippen LogP contribution in [0.15, 0.2) is 48.5 Å². The van der Waals surface area contributed by atoms with Crippen LogP contribution in [-0.2, 0) is 28.4 Å². The van der Waals surface area contributed by atoms with Crippen LogP contribution < -0.4 is 5.32 Å². The molecule has 32 heavy (non-hydrogen) atoms. The lowest BCUT2D eigenvalue weighted by molar-refractivity contribution is -0.147. The lowest BCUT2D eigenvalue weighted by Crippen LogP contribution is -2.49. The van der Waals surface area contributed by atoms with Gasteiger partial charge in [-0.05, 0) is 29.3 Å². The van der Waals surface area contributed by atoms with E-state index in [4.69, 9.17) is 14.0 Å². The van der Waals surface area contributed by atoms with Crippen molar-refractivity contribution in [3.05, 3.63) is 59.7 Å². The summed E-state index contributed by atoms with van der Waals surface area (Å²) in [6.45, 7) is -0.733. The molecule has 2 aliphatic rings. The molecule has 0 atom stereocenters. The quantitative estimate of drug-likeness (QED) is 0.696. The van der Waals surface area contributed by atoms with Crippen molar-refractivity contribution in [3.63, 3.8) is 0 Å². The highest BCUT2D eigenvalue weighted by atomic mass is 16.6. The van der Waals surface area contributed by atoms with E-state index in [1.807, 2.05) is 48.5 Å². The van der Waals surface area contributed by atoms with Gasteiger partial charge in [0.05, 0.1) is 19.6 Å². The Labute approximate surface area is 184 Å². The number of carbonyl (C=O) groups excluding carboxylic acids is 4. The summed E-state index contributed by atoms with van der Waals surface area (Å²) in [7, 11) is -0.152. The van der Waals surface area contributed by atoms with Crippen molar-refractivity contribution in [1.82, 2.24) is 10.2 Å². The normalized spacial score (nSPS) is 16.2. The highest BCUT2D eigenvalue weighted by Crippen LogP contribution is 2.44. The lowest BCUT2D eigenvalue weighted by Gasteiger charge is -2.21. The van der Waals surface area contributed by atoms with Gasteiger partial charge in [-0.1, -0.05) is 48.5 Å². The molecule has 9 nitrogen and oxygen atoms in total. The number of rotatable bonds is 5. The van der Waals surface area contributed by atoms with Crippen molar-refractivity contribution >= 4 is 30.8 Å². The van der Waals surface area contributed by atoms with E-state index < -0.39 is 37.4 Å². The van der Waals surface area contributed by atoms with Crippen LogP contribution in [0.25, 0.3) is 11.1 Å². The standard InChI is InChI=1S/C22H21BN2O7/c1-25-11-20(27)31-23(32-21(28)12-25)19(26)10-24-22(29)30-13-18-16-8-4-2-6-14(16)15-7-3-5-9-17(15)18/h2-9,18H,10-13H2,1H3,(H,24,29). The molecule has 4 rings (SSSR count). The van der Waals surface area contributed by atoms with Crippen LogP contribution in [0.5, 0.6) is 0 Å². The topological polar surface area (TPSA) is 111 Å². The van der Waals surface area contributed by atoms with Crippen molar-refractivity contribution in [2.75, 3.05) is 33.3 Å². The maximum absolute atomic E-state index is 12.3. The zero-order chi connectivity index (χ0) is 22.7. The molecular weight excluding hydrogens is 415 g/mol. The molecule has 0 aromatic heterocycles. The predicted octanol–water partition coefficient (Wildman–Crippen LogP) is 1.15. The molecule has 1 amide bonds. The lowest BCUT2D eigenvalue weighted by atomic mass is 9.82. The molecule has 10 heteroatoms. The van der Waals surface area contributed by atoms with E-state index in [0.29, 0.717) is 0 Å². The Morgan fingerprint density at radius 1 is 1.00 bits per heavy atom. The Balaban J connectivity index is 1.32. The first-order chi connectivity index (χ1) is 15.4. The van der Waals surface area contributed by atoms with E-state index >= 15 is 0 Å². The number of hydrogen-bond acceptors (Lipinski definition) is 8. The molecule has 1 N–H and O–H groups in total. The Morgan fingerprint density at radius 2 is 1.53 bits per heavy atom. The molecule has 0 radical (unpaired) electrons. The summed E-state index contributed by atoms with van der Waals surface area (Å²) in [6, 6.07) is 15.9. The Morgan fingerprint density at radius 3 is 2.09 bits per heavy atom. The molecule has 1 saturated heterocycles. The third kappa shape index (κ3) is 4.65. The summed E-state index contributed by atoms with van der Waals surface area (Å²) in [4.78, 5) is 49.4. The van der Waals surface area contributed by atoms with E-state index in [2.05, 4.69) is 5.32 Å². The highest BCUT2D eigenvalue weighted by Gasteiger charge is 2.39. The van der Waals surface area contributed by atoms with Crippen LogP contribution >= 0.6 is 0 Å². The Bertz CT molecular complexity index is 1010. The van der Waals surface area contributed by atoms with E-state index in [0.717, 1.165) is 22.3 Å². The van der Waals surface area contributed by atoms with Gasteiger partial charge in [-0.15, -0.1) is 0 Å². The Kier molecular flexibility index (Phi) is 6.22. The average molecular weight is 436 g/mol. The zero-order valence-corrected chi connectivity index (χ0v) is 17.4. The minimum atomic E-state index is -1.70. The molecule has 0 saturated carbocycles. The van der Waals surface area contributed by atoms with Gasteiger partial charge in [-0.2, -0.15) is 0 Å².